The van der Waals surface area contributed by atoms with Crippen molar-refractivity contribution in [1.82, 2.24) is 9.80 Å². The van der Waals surface area contributed by atoms with Crippen LogP contribution in [0.3, 0.4) is 0 Å². The topological polar surface area (TPSA) is 6.48 Å². The van der Waals surface area contributed by atoms with Crippen LogP contribution < -0.4 is 0 Å². The van der Waals surface area contributed by atoms with Crippen LogP contribution >= 0.6 is 0 Å². The molecule has 2 fully saturated rings. The third kappa shape index (κ3) is 1.18. The number of hydrogen-bond donors (Lipinski definition) is 0. The monoisotopic (exact) mass is 154 g/mol. The molecule has 0 aromatic rings. The fourth-order valence-electron chi connectivity index (χ4n) is 2.60. The fourth-order valence-corrected chi connectivity index (χ4v) is 2.60. The van der Waals surface area contributed by atoms with Crippen molar-refractivity contribution in [2.45, 2.75) is 31.3 Å². The van der Waals surface area contributed by atoms with E-state index in [1.807, 2.05) is 0 Å². The van der Waals surface area contributed by atoms with Crippen LogP contribution in [0.2, 0.25) is 0 Å². The van der Waals surface area contributed by atoms with Crippen molar-refractivity contribution in [2.24, 2.45) is 0 Å². The third-order valence-corrected chi connectivity index (χ3v) is 3.38. The van der Waals surface area contributed by atoms with Crippen molar-refractivity contribution in [3.63, 3.8) is 0 Å². The van der Waals surface area contributed by atoms with Gasteiger partial charge in [-0.15, -0.1) is 0 Å². The van der Waals surface area contributed by atoms with Crippen LogP contribution in [0.4, 0.5) is 0 Å². The first-order valence-corrected chi connectivity index (χ1v) is 4.69. The lowest BCUT2D eigenvalue weighted by atomic mass is 10.1. The number of nitrogens with zero attached hydrogens (tertiary/aromatic N) is 2. The van der Waals surface area contributed by atoms with Gasteiger partial charge in [-0.1, -0.05) is 6.42 Å². The first-order chi connectivity index (χ1) is 5.29. The summed E-state index contributed by atoms with van der Waals surface area (Å²) in [4.78, 5) is 5.08. The largest absolute Gasteiger partial charge is 0.301 e. The standard InChI is InChI=1S/C9H18N2/c1-10-6-7-11(2)9-5-3-4-8(9)10/h8-9H,3-7H2,1-2H3. The van der Waals surface area contributed by atoms with Gasteiger partial charge in [0, 0.05) is 25.2 Å². The Morgan fingerprint density at radius 2 is 1.36 bits per heavy atom. The molecule has 1 aliphatic carbocycles. The SMILES string of the molecule is CN1CCN(C)C2CCCC21. The molecule has 2 aliphatic rings. The van der Waals surface area contributed by atoms with Crippen LogP contribution in [0, 0.1) is 0 Å². The van der Waals surface area contributed by atoms with Gasteiger partial charge in [-0.05, 0) is 26.9 Å². The molecule has 11 heavy (non-hydrogen) atoms. The molecule has 2 atom stereocenters. The summed E-state index contributed by atoms with van der Waals surface area (Å²) in [6.45, 7) is 2.52. The number of piperazine rings is 1. The number of rotatable bonds is 0. The van der Waals surface area contributed by atoms with Crippen LogP contribution in [0.1, 0.15) is 19.3 Å². The van der Waals surface area contributed by atoms with E-state index in [2.05, 4.69) is 23.9 Å². The summed E-state index contributed by atoms with van der Waals surface area (Å²) in [7, 11) is 4.55. The average Bonchev–Trinajstić information content (AvgIpc) is 2.45. The van der Waals surface area contributed by atoms with E-state index in [-0.39, 0.29) is 0 Å². The van der Waals surface area contributed by atoms with Crippen LogP contribution in [0.15, 0.2) is 0 Å². The highest BCUT2D eigenvalue weighted by Gasteiger charge is 2.35. The maximum absolute atomic E-state index is 2.54. The smallest absolute Gasteiger partial charge is 0.0248 e. The van der Waals surface area contributed by atoms with Gasteiger partial charge in [0.25, 0.3) is 0 Å². The molecule has 0 aromatic carbocycles. The quantitative estimate of drug-likeness (QED) is 0.509. The lowest BCUT2D eigenvalue weighted by Crippen LogP contribution is -2.54. The molecule has 1 aliphatic heterocycles. The molecule has 1 saturated heterocycles. The van der Waals surface area contributed by atoms with Gasteiger partial charge < -0.3 is 9.80 Å². The molecule has 0 bridgehead atoms. The van der Waals surface area contributed by atoms with E-state index in [0.29, 0.717) is 0 Å². The van der Waals surface area contributed by atoms with E-state index in [0.717, 1.165) is 12.1 Å². The lowest BCUT2D eigenvalue weighted by Gasteiger charge is -2.41. The molecule has 2 rings (SSSR count). The fraction of sp³-hybridized carbons (Fsp3) is 1.00. The minimum absolute atomic E-state index is 0.869. The number of hydrogen-bond acceptors (Lipinski definition) is 2. The number of fused-ring (bicyclic) bond motifs is 1. The van der Waals surface area contributed by atoms with Crippen LogP contribution in [-0.2, 0) is 0 Å². The normalized spacial score (nSPS) is 40.9. The number of likely N-dealkylation sites (N-methyl/N-ethyl adjacent to an activating group) is 2. The zero-order valence-electron chi connectivity index (χ0n) is 7.58. The highest BCUT2D eigenvalue weighted by molar-refractivity contribution is 4.93. The minimum Gasteiger partial charge on any atom is -0.301 e. The third-order valence-electron chi connectivity index (χ3n) is 3.38. The summed E-state index contributed by atoms with van der Waals surface area (Å²) in [6, 6.07) is 1.74. The maximum atomic E-state index is 2.54. The maximum Gasteiger partial charge on any atom is 0.0248 e. The van der Waals surface area contributed by atoms with Gasteiger partial charge in [0.2, 0.25) is 0 Å². The van der Waals surface area contributed by atoms with Crippen molar-refractivity contribution in [3.8, 4) is 0 Å². The highest BCUT2D eigenvalue weighted by Crippen LogP contribution is 2.29. The van der Waals surface area contributed by atoms with Gasteiger partial charge in [0.05, 0.1) is 0 Å². The Bertz CT molecular complexity index is 130. The first kappa shape index (κ1) is 7.56. The van der Waals surface area contributed by atoms with Crippen molar-refractivity contribution >= 4 is 0 Å². The van der Waals surface area contributed by atoms with E-state index in [9.17, 15) is 0 Å². The van der Waals surface area contributed by atoms with Crippen LogP contribution in [-0.4, -0.2) is 49.1 Å². The minimum atomic E-state index is 0.869. The molecule has 1 saturated carbocycles. The molecule has 2 unspecified atom stereocenters. The van der Waals surface area contributed by atoms with E-state index in [4.69, 9.17) is 0 Å². The Morgan fingerprint density at radius 1 is 0.909 bits per heavy atom. The summed E-state index contributed by atoms with van der Waals surface area (Å²) >= 11 is 0. The average molecular weight is 154 g/mol. The molecular weight excluding hydrogens is 136 g/mol. The highest BCUT2D eigenvalue weighted by atomic mass is 15.3. The predicted molar refractivity (Wildman–Crippen MR) is 46.7 cm³/mol. The van der Waals surface area contributed by atoms with Gasteiger partial charge in [0.15, 0.2) is 0 Å². The second-order valence-electron chi connectivity index (χ2n) is 4.03. The van der Waals surface area contributed by atoms with E-state index < -0.39 is 0 Å². The van der Waals surface area contributed by atoms with Crippen molar-refractivity contribution < 1.29 is 0 Å². The Balaban J connectivity index is 2.08. The summed E-state index contributed by atoms with van der Waals surface area (Å²) in [5.74, 6) is 0. The van der Waals surface area contributed by atoms with Gasteiger partial charge in [-0.3, -0.25) is 0 Å². The van der Waals surface area contributed by atoms with Crippen molar-refractivity contribution in [2.75, 3.05) is 27.2 Å². The second kappa shape index (κ2) is 2.76. The van der Waals surface area contributed by atoms with Gasteiger partial charge in [0.1, 0.15) is 0 Å². The molecule has 64 valence electrons. The molecule has 0 radical (unpaired) electrons. The molecule has 0 N–H and O–H groups in total. The van der Waals surface area contributed by atoms with Crippen LogP contribution in [0.5, 0.6) is 0 Å². The molecule has 2 heteroatoms. The van der Waals surface area contributed by atoms with Gasteiger partial charge in [-0.25, -0.2) is 0 Å². The second-order valence-corrected chi connectivity index (χ2v) is 4.03. The van der Waals surface area contributed by atoms with Crippen molar-refractivity contribution in [1.29, 1.82) is 0 Å². The lowest BCUT2D eigenvalue weighted by molar-refractivity contribution is 0.0722. The van der Waals surface area contributed by atoms with Gasteiger partial charge in [-0.2, -0.15) is 0 Å². The molecule has 1 heterocycles. The van der Waals surface area contributed by atoms with Crippen molar-refractivity contribution in [3.05, 3.63) is 0 Å². The van der Waals surface area contributed by atoms with Crippen LogP contribution in [0.25, 0.3) is 0 Å². The van der Waals surface area contributed by atoms with E-state index in [1.165, 1.54) is 32.4 Å². The summed E-state index contributed by atoms with van der Waals surface area (Å²) in [5, 5.41) is 0. The Kier molecular flexibility index (Phi) is 1.90. The Morgan fingerprint density at radius 3 is 1.82 bits per heavy atom. The molecular formula is C9H18N2. The summed E-state index contributed by atoms with van der Waals surface area (Å²) in [6.07, 6.45) is 4.28. The molecule has 0 aromatic heterocycles. The molecule has 0 amide bonds. The Hall–Kier alpha value is -0.0800. The zero-order valence-corrected chi connectivity index (χ0v) is 7.58. The van der Waals surface area contributed by atoms with E-state index in [1.54, 1.807) is 0 Å². The summed E-state index contributed by atoms with van der Waals surface area (Å²) in [5.41, 5.74) is 0. The van der Waals surface area contributed by atoms with Gasteiger partial charge >= 0.3 is 0 Å². The summed E-state index contributed by atoms with van der Waals surface area (Å²) < 4.78 is 0. The van der Waals surface area contributed by atoms with E-state index >= 15 is 0 Å². The zero-order chi connectivity index (χ0) is 7.84. The molecule has 0 spiro atoms. The Labute approximate surface area is 69.2 Å². The first-order valence-electron chi connectivity index (χ1n) is 4.69. The predicted octanol–water partition coefficient (Wildman–Crippen LogP) is 0.785. The molecule has 2 nitrogen and oxygen atoms in total.